The first kappa shape index (κ1) is 20.5. The molecule has 12 heteroatoms. The lowest BCUT2D eigenvalue weighted by Crippen LogP contribution is -2.16. The van der Waals surface area contributed by atoms with Gasteiger partial charge in [-0.05, 0) is 35.9 Å². The maximum atomic E-state index is 11.6. The third-order valence-electron chi connectivity index (χ3n) is 2.91. The number of pyridine rings is 1. The summed E-state index contributed by atoms with van der Waals surface area (Å²) in [6.07, 6.45) is 0.251. The lowest BCUT2D eigenvalue weighted by Gasteiger charge is -2.11. The summed E-state index contributed by atoms with van der Waals surface area (Å²) in [5.41, 5.74) is -0.202. The summed E-state index contributed by atoms with van der Waals surface area (Å²) in [5, 5.41) is 21.6. The monoisotopic (exact) mass is 411 g/mol. The third-order valence-corrected chi connectivity index (χ3v) is 5.67. The van der Waals surface area contributed by atoms with Gasteiger partial charge in [-0.25, -0.2) is 9.78 Å². The van der Waals surface area contributed by atoms with E-state index >= 15 is 0 Å². The van der Waals surface area contributed by atoms with E-state index in [0.717, 1.165) is 0 Å². The number of aromatic nitrogens is 1. The maximum Gasteiger partial charge on any atom is 0.513 e. The number of rotatable bonds is 8. The van der Waals surface area contributed by atoms with Crippen LogP contribution < -0.4 is 4.74 Å². The van der Waals surface area contributed by atoms with Crippen LogP contribution >= 0.6 is 21.6 Å². The van der Waals surface area contributed by atoms with Gasteiger partial charge in [0.2, 0.25) is 0 Å². The third kappa shape index (κ3) is 6.75. The molecule has 0 spiro atoms. The molecule has 10 nitrogen and oxygen atoms in total. The Kier molecular flexibility index (Phi) is 7.37. The highest BCUT2D eigenvalue weighted by molar-refractivity contribution is 8.76. The average Bonchev–Trinajstić information content (AvgIpc) is 2.65. The molecular weight excluding hydrogens is 398 g/mol. The number of non-ortho nitro benzene ring substituents is 1. The molecule has 1 heterocycles. The van der Waals surface area contributed by atoms with Crippen LogP contribution in [0.5, 0.6) is 5.75 Å². The van der Waals surface area contributed by atoms with Crippen molar-refractivity contribution in [3.63, 3.8) is 0 Å². The van der Waals surface area contributed by atoms with Crippen molar-refractivity contribution >= 4 is 39.1 Å². The Morgan fingerprint density at radius 2 is 1.74 bits per heavy atom. The van der Waals surface area contributed by atoms with Crippen LogP contribution in [0, 0.1) is 20.2 Å². The minimum atomic E-state index is -0.922. The first-order chi connectivity index (χ1) is 12.8. The molecule has 0 fully saturated rings. The molecule has 1 aromatic heterocycles. The number of hydrogen-bond acceptors (Lipinski definition) is 10. The molecule has 0 aliphatic rings. The molecule has 0 N–H and O–H groups in total. The fourth-order valence-corrected chi connectivity index (χ4v) is 3.49. The van der Waals surface area contributed by atoms with Crippen LogP contribution in [-0.4, -0.2) is 32.8 Å². The second-order valence-electron chi connectivity index (χ2n) is 5.02. The van der Waals surface area contributed by atoms with Gasteiger partial charge in [0.05, 0.1) is 9.85 Å². The number of benzene rings is 1. The molecule has 1 aromatic carbocycles. The topological polar surface area (TPSA) is 135 Å². The van der Waals surface area contributed by atoms with E-state index in [1.165, 1.54) is 64.2 Å². The van der Waals surface area contributed by atoms with Gasteiger partial charge in [-0.15, -0.1) is 0 Å². The van der Waals surface area contributed by atoms with Crippen molar-refractivity contribution in [1.29, 1.82) is 0 Å². The van der Waals surface area contributed by atoms with Crippen molar-refractivity contribution in [2.24, 2.45) is 0 Å². The van der Waals surface area contributed by atoms with E-state index in [2.05, 4.69) is 4.98 Å². The van der Waals surface area contributed by atoms with Gasteiger partial charge in [0.1, 0.15) is 23.6 Å². The standard InChI is InChI=1S/C15H13N3O7S2/c1-10(26-27-14-7-4-12(8-16-14)18(22)23)9-24-15(19)25-13-5-2-11(3-6-13)17(20)21/h2-8,10H,9H2,1H3. The Labute approximate surface area is 161 Å². The maximum absolute atomic E-state index is 11.6. The van der Waals surface area contributed by atoms with Gasteiger partial charge >= 0.3 is 6.16 Å². The first-order valence-corrected chi connectivity index (χ1v) is 9.59. The molecule has 2 rings (SSSR count). The van der Waals surface area contributed by atoms with Gasteiger partial charge in [0.25, 0.3) is 11.4 Å². The lowest BCUT2D eigenvalue weighted by molar-refractivity contribution is -0.385. The Morgan fingerprint density at radius 1 is 1.11 bits per heavy atom. The molecule has 0 saturated heterocycles. The number of carbonyl (C=O) groups excluding carboxylic acids is 1. The van der Waals surface area contributed by atoms with Crippen molar-refractivity contribution in [2.75, 3.05) is 6.61 Å². The number of carbonyl (C=O) groups is 1. The van der Waals surface area contributed by atoms with Gasteiger partial charge in [0.15, 0.2) is 0 Å². The highest BCUT2D eigenvalue weighted by Gasteiger charge is 2.13. The SMILES string of the molecule is CC(COC(=O)Oc1ccc([N+](=O)[O-])cc1)SSc1ccc([N+](=O)[O-])cn1. The normalized spacial score (nSPS) is 11.4. The van der Waals surface area contributed by atoms with Gasteiger partial charge in [-0.3, -0.25) is 20.2 Å². The molecule has 27 heavy (non-hydrogen) atoms. The summed E-state index contributed by atoms with van der Waals surface area (Å²) in [6, 6.07) is 7.93. The predicted octanol–water partition coefficient (Wildman–Crippen LogP) is 4.24. The van der Waals surface area contributed by atoms with E-state index in [4.69, 9.17) is 9.47 Å². The van der Waals surface area contributed by atoms with Crippen LogP contribution in [0.2, 0.25) is 0 Å². The minimum Gasteiger partial charge on any atom is -0.433 e. The van der Waals surface area contributed by atoms with Crippen molar-refractivity contribution in [1.82, 2.24) is 4.98 Å². The Bertz CT molecular complexity index is 815. The van der Waals surface area contributed by atoms with E-state index in [1.54, 1.807) is 0 Å². The van der Waals surface area contributed by atoms with Crippen molar-refractivity contribution in [2.45, 2.75) is 17.2 Å². The summed E-state index contributed by atoms with van der Waals surface area (Å²) >= 11 is 0. The van der Waals surface area contributed by atoms with E-state index in [1.807, 2.05) is 6.92 Å². The highest BCUT2D eigenvalue weighted by Crippen LogP contribution is 2.33. The molecule has 0 aliphatic carbocycles. The zero-order valence-electron chi connectivity index (χ0n) is 13.8. The first-order valence-electron chi connectivity index (χ1n) is 7.38. The lowest BCUT2D eigenvalue weighted by atomic mass is 10.3. The van der Waals surface area contributed by atoms with Gasteiger partial charge in [-0.2, -0.15) is 0 Å². The van der Waals surface area contributed by atoms with Crippen LogP contribution in [0.4, 0.5) is 16.2 Å². The average molecular weight is 411 g/mol. The predicted molar refractivity (Wildman–Crippen MR) is 98.9 cm³/mol. The molecule has 142 valence electrons. The largest absolute Gasteiger partial charge is 0.513 e. The van der Waals surface area contributed by atoms with E-state index in [9.17, 15) is 25.0 Å². The molecule has 0 radical (unpaired) electrons. The molecule has 0 bridgehead atoms. The fraction of sp³-hybridized carbons (Fsp3) is 0.200. The molecular formula is C15H13N3O7S2. The number of ether oxygens (including phenoxy) is 2. The summed E-state index contributed by atoms with van der Waals surface area (Å²) in [4.78, 5) is 35.6. The summed E-state index contributed by atoms with van der Waals surface area (Å²) in [7, 11) is 2.67. The van der Waals surface area contributed by atoms with Crippen LogP contribution in [0.3, 0.4) is 0 Å². The molecule has 0 saturated carbocycles. The van der Waals surface area contributed by atoms with Crippen molar-refractivity contribution in [3.05, 3.63) is 62.8 Å². The number of nitrogens with zero attached hydrogens (tertiary/aromatic N) is 3. The van der Waals surface area contributed by atoms with Gasteiger partial charge in [-0.1, -0.05) is 10.8 Å². The zero-order chi connectivity index (χ0) is 19.8. The Balaban J connectivity index is 1.72. The van der Waals surface area contributed by atoms with Gasteiger partial charge < -0.3 is 9.47 Å². The Morgan fingerprint density at radius 3 is 2.30 bits per heavy atom. The number of hydrogen-bond donors (Lipinski definition) is 0. The molecule has 0 amide bonds. The van der Waals surface area contributed by atoms with E-state index in [-0.39, 0.29) is 29.0 Å². The second-order valence-corrected chi connectivity index (χ2v) is 7.68. The van der Waals surface area contributed by atoms with Crippen LogP contribution in [0.15, 0.2) is 47.6 Å². The number of nitro benzene ring substituents is 1. The Hall–Kier alpha value is -2.86. The van der Waals surface area contributed by atoms with E-state index < -0.39 is 16.0 Å². The van der Waals surface area contributed by atoms with Crippen LogP contribution in [0.1, 0.15) is 6.92 Å². The summed E-state index contributed by atoms with van der Waals surface area (Å²) in [5.74, 6) is 0.135. The highest BCUT2D eigenvalue weighted by atomic mass is 33.1. The summed E-state index contributed by atoms with van der Waals surface area (Å²) in [6.45, 7) is 1.89. The number of nitro groups is 2. The van der Waals surface area contributed by atoms with Crippen LogP contribution in [-0.2, 0) is 4.74 Å². The van der Waals surface area contributed by atoms with Crippen LogP contribution in [0.25, 0.3) is 0 Å². The molecule has 1 unspecified atom stereocenters. The molecule has 0 aliphatic heterocycles. The van der Waals surface area contributed by atoms with Gasteiger partial charge in [0, 0.05) is 23.4 Å². The quantitative estimate of drug-likeness (QED) is 0.204. The minimum absolute atomic E-state index is 0.0659. The zero-order valence-corrected chi connectivity index (χ0v) is 15.5. The molecule has 1 atom stereocenters. The van der Waals surface area contributed by atoms with Crippen molar-refractivity contribution < 1.29 is 24.1 Å². The smallest absolute Gasteiger partial charge is 0.433 e. The van der Waals surface area contributed by atoms with Crippen molar-refractivity contribution in [3.8, 4) is 5.75 Å². The second kappa shape index (κ2) is 9.73. The fourth-order valence-electron chi connectivity index (χ4n) is 1.64. The molecule has 2 aromatic rings. The van der Waals surface area contributed by atoms with E-state index in [0.29, 0.717) is 5.03 Å². The summed E-state index contributed by atoms with van der Waals surface area (Å²) < 4.78 is 9.91.